The second kappa shape index (κ2) is 11.0. The van der Waals surface area contributed by atoms with Crippen LogP contribution < -0.4 is 20.5 Å². The van der Waals surface area contributed by atoms with Crippen molar-refractivity contribution in [2.24, 2.45) is 0 Å². The molecule has 0 spiro atoms. The Balaban J connectivity index is 1.88. The van der Waals surface area contributed by atoms with Gasteiger partial charge >= 0.3 is 11.7 Å². The molecule has 2 aromatic carbocycles. The molecule has 2 aromatic heterocycles. The molecule has 0 bridgehead atoms. The van der Waals surface area contributed by atoms with Crippen LogP contribution in [0.5, 0.6) is 11.5 Å². The number of carbonyl (C=O) groups is 1. The van der Waals surface area contributed by atoms with Crippen molar-refractivity contribution in [3.63, 3.8) is 0 Å². The van der Waals surface area contributed by atoms with E-state index in [1.54, 1.807) is 35.2 Å². The summed E-state index contributed by atoms with van der Waals surface area (Å²) in [6, 6.07) is 13.6. The number of nitrogens with zero attached hydrogens (tertiary/aromatic N) is 4. The Morgan fingerprint density at radius 3 is 2.42 bits per heavy atom. The van der Waals surface area contributed by atoms with E-state index in [0.29, 0.717) is 36.6 Å². The molecular weight excluding hydrogens is 510 g/mol. The Bertz CT molecular complexity index is 1630. The average molecular weight is 540 g/mol. The third-order valence-corrected chi connectivity index (χ3v) is 7.67. The molecule has 0 aliphatic rings. The summed E-state index contributed by atoms with van der Waals surface area (Å²) in [5.74, 6) is 0.704. The zero-order valence-electron chi connectivity index (χ0n) is 21.5. The predicted octanol–water partition coefficient (Wildman–Crippen LogP) is 3.71. The summed E-state index contributed by atoms with van der Waals surface area (Å²) in [4.78, 5) is 31.8. The van der Waals surface area contributed by atoms with E-state index in [9.17, 15) is 18.0 Å². The van der Waals surface area contributed by atoms with E-state index in [1.807, 2.05) is 20.8 Å². The first-order valence-electron chi connectivity index (χ1n) is 12.1. The molecule has 1 N–H and O–H groups in total. The molecule has 4 aromatic rings. The van der Waals surface area contributed by atoms with E-state index in [-0.39, 0.29) is 28.0 Å². The lowest BCUT2D eigenvalue weighted by atomic mass is 10.3. The normalized spacial score (nSPS) is 11.4. The summed E-state index contributed by atoms with van der Waals surface area (Å²) < 4.78 is 40.8. The molecule has 2 amide bonds. The van der Waals surface area contributed by atoms with Crippen LogP contribution in [0.4, 0.5) is 10.5 Å². The molecule has 0 fully saturated rings. The van der Waals surface area contributed by atoms with Crippen LogP contribution in [-0.4, -0.2) is 59.7 Å². The highest BCUT2D eigenvalue weighted by Gasteiger charge is 2.29. The van der Waals surface area contributed by atoms with E-state index in [2.05, 4.69) is 10.3 Å². The highest BCUT2D eigenvalue weighted by Crippen LogP contribution is 2.31. The number of fused-ring (bicyclic) bond motifs is 1. The molecule has 200 valence electrons. The first-order chi connectivity index (χ1) is 18.3. The Kier molecular flexibility index (Phi) is 7.72. The minimum Gasteiger partial charge on any atom is -0.495 e. The summed E-state index contributed by atoms with van der Waals surface area (Å²) in [5, 5.41) is 2.74. The molecule has 11 nitrogen and oxygen atoms in total. The molecule has 2 heterocycles. The number of amides is 2. The lowest BCUT2D eigenvalue weighted by Gasteiger charge is -2.19. The van der Waals surface area contributed by atoms with Gasteiger partial charge in [0.15, 0.2) is 0 Å². The maximum Gasteiger partial charge on any atom is 0.349 e. The first-order valence-corrected chi connectivity index (χ1v) is 13.5. The highest BCUT2D eigenvalue weighted by molar-refractivity contribution is 7.90. The number of hydrogen-bond donors (Lipinski definition) is 1. The lowest BCUT2D eigenvalue weighted by molar-refractivity contribution is 0.217. The van der Waals surface area contributed by atoms with Crippen LogP contribution in [0.3, 0.4) is 0 Å². The minimum atomic E-state index is -4.46. The topological polar surface area (TPSA) is 125 Å². The molecule has 0 saturated carbocycles. The van der Waals surface area contributed by atoms with Crippen molar-refractivity contribution in [3.8, 4) is 17.3 Å². The average Bonchev–Trinajstić information content (AvgIpc) is 3.21. The number of anilines is 1. The molecule has 0 unspecified atom stereocenters. The van der Waals surface area contributed by atoms with Crippen LogP contribution in [0.15, 0.2) is 70.5 Å². The van der Waals surface area contributed by atoms with Gasteiger partial charge in [-0.15, -0.1) is 0 Å². The molecule has 4 rings (SSSR count). The Morgan fingerprint density at radius 1 is 1.03 bits per heavy atom. The molecule has 0 saturated heterocycles. The SMILES string of the molecule is CCOc1ccc2c(c1)n(-c1ccccn1)c(=O)n2S(=O)(=O)c1ccc(NC(=O)N(CC)CC)cc1OC. The minimum absolute atomic E-state index is 0.0288. The van der Waals surface area contributed by atoms with Crippen molar-refractivity contribution in [1.82, 2.24) is 18.4 Å². The quantitative estimate of drug-likeness (QED) is 0.344. The van der Waals surface area contributed by atoms with Gasteiger partial charge in [0.1, 0.15) is 22.2 Å². The predicted molar refractivity (Wildman–Crippen MR) is 144 cm³/mol. The van der Waals surface area contributed by atoms with Gasteiger partial charge in [0.25, 0.3) is 10.0 Å². The molecule has 0 radical (unpaired) electrons. The van der Waals surface area contributed by atoms with Crippen molar-refractivity contribution >= 4 is 32.8 Å². The van der Waals surface area contributed by atoms with E-state index >= 15 is 0 Å². The largest absolute Gasteiger partial charge is 0.495 e. The van der Waals surface area contributed by atoms with E-state index in [1.165, 1.54) is 42.1 Å². The summed E-state index contributed by atoms with van der Waals surface area (Å²) in [6.45, 7) is 6.96. The number of ether oxygens (including phenoxy) is 2. The van der Waals surface area contributed by atoms with Crippen molar-refractivity contribution in [2.45, 2.75) is 25.7 Å². The van der Waals surface area contributed by atoms with E-state index in [0.717, 1.165) is 3.97 Å². The van der Waals surface area contributed by atoms with E-state index in [4.69, 9.17) is 9.47 Å². The molecule has 38 heavy (non-hydrogen) atoms. The summed E-state index contributed by atoms with van der Waals surface area (Å²) in [5.41, 5.74) is -0.0222. The van der Waals surface area contributed by atoms with E-state index < -0.39 is 15.7 Å². The van der Waals surface area contributed by atoms with Gasteiger partial charge in [-0.25, -0.2) is 27.6 Å². The monoisotopic (exact) mass is 539 g/mol. The van der Waals surface area contributed by atoms with Crippen LogP contribution >= 0.6 is 0 Å². The molecular formula is C26H29N5O6S. The highest BCUT2D eigenvalue weighted by atomic mass is 32.2. The number of hydrogen-bond acceptors (Lipinski definition) is 7. The number of benzene rings is 2. The fraction of sp³-hybridized carbons (Fsp3) is 0.269. The van der Waals surface area contributed by atoms with Gasteiger partial charge < -0.3 is 19.7 Å². The van der Waals surface area contributed by atoms with Crippen molar-refractivity contribution < 1.29 is 22.7 Å². The van der Waals surface area contributed by atoms with Gasteiger partial charge in [0.05, 0.1) is 24.8 Å². The number of rotatable bonds is 9. The van der Waals surface area contributed by atoms with Crippen LogP contribution in [0.25, 0.3) is 16.9 Å². The Labute approximate surface area is 220 Å². The first kappa shape index (κ1) is 26.7. The Morgan fingerprint density at radius 2 is 1.79 bits per heavy atom. The number of nitrogens with one attached hydrogen (secondary N) is 1. The maximum absolute atomic E-state index is 14.0. The number of imidazole rings is 1. The van der Waals surface area contributed by atoms with Crippen LogP contribution in [0.1, 0.15) is 20.8 Å². The zero-order chi connectivity index (χ0) is 27.4. The van der Waals surface area contributed by atoms with Gasteiger partial charge in [-0.2, -0.15) is 3.97 Å². The van der Waals surface area contributed by atoms with Crippen molar-refractivity contribution in [1.29, 1.82) is 0 Å². The van der Waals surface area contributed by atoms with Gasteiger partial charge in [0.2, 0.25) is 0 Å². The third-order valence-electron chi connectivity index (χ3n) is 5.94. The second-order valence-corrected chi connectivity index (χ2v) is 9.88. The van der Waals surface area contributed by atoms with Crippen LogP contribution in [0, 0.1) is 0 Å². The Hall–Kier alpha value is -4.32. The number of aromatic nitrogens is 3. The fourth-order valence-electron chi connectivity index (χ4n) is 4.12. The zero-order valence-corrected chi connectivity index (χ0v) is 22.4. The lowest BCUT2D eigenvalue weighted by Crippen LogP contribution is -2.34. The van der Waals surface area contributed by atoms with Gasteiger partial charge in [-0.1, -0.05) is 6.07 Å². The summed E-state index contributed by atoms with van der Waals surface area (Å²) >= 11 is 0. The number of methoxy groups -OCH3 is 1. The fourth-order valence-corrected chi connectivity index (χ4v) is 5.65. The van der Waals surface area contributed by atoms with Gasteiger partial charge in [-0.3, -0.25) is 0 Å². The second-order valence-electron chi connectivity index (χ2n) is 8.13. The van der Waals surface area contributed by atoms with Gasteiger partial charge in [0, 0.05) is 37.1 Å². The van der Waals surface area contributed by atoms with Crippen LogP contribution in [0.2, 0.25) is 0 Å². The number of carbonyl (C=O) groups excluding carboxylic acids is 1. The van der Waals surface area contributed by atoms with Crippen molar-refractivity contribution in [3.05, 3.63) is 71.3 Å². The standard InChI is InChI=1S/C26H29N5O6S/c1-5-29(6-2)25(32)28-18-11-14-23(22(16-18)36-4)38(34,35)31-20-13-12-19(37-7-3)17-21(20)30(26(31)33)24-10-8-9-15-27-24/h8-17H,5-7H2,1-4H3,(H,28,32). The molecule has 0 aliphatic heterocycles. The summed E-state index contributed by atoms with van der Waals surface area (Å²) in [7, 11) is -3.14. The van der Waals surface area contributed by atoms with Crippen molar-refractivity contribution in [2.75, 3.05) is 32.1 Å². The summed E-state index contributed by atoms with van der Waals surface area (Å²) in [6.07, 6.45) is 1.51. The van der Waals surface area contributed by atoms with Gasteiger partial charge in [-0.05, 0) is 57.2 Å². The smallest absolute Gasteiger partial charge is 0.349 e. The molecule has 0 atom stereocenters. The molecule has 0 aliphatic carbocycles. The number of pyridine rings is 1. The number of urea groups is 1. The maximum atomic E-state index is 14.0. The van der Waals surface area contributed by atoms with Crippen LogP contribution in [-0.2, 0) is 10.0 Å². The molecule has 12 heteroatoms. The third kappa shape index (κ3) is 4.82.